The number of ketones is 1. The largest absolute Gasteiger partial charge is 0.444 e. The number of ether oxygens (including phenoxy) is 1. The van der Waals surface area contributed by atoms with Crippen LogP contribution < -0.4 is 5.32 Å². The normalized spacial score (nSPS) is 31.8. The molecule has 0 aromatic heterocycles. The van der Waals surface area contributed by atoms with Gasteiger partial charge in [-0.05, 0) is 64.7 Å². The predicted molar refractivity (Wildman–Crippen MR) is 82.1 cm³/mol. The second-order valence-corrected chi connectivity index (χ2v) is 7.91. The van der Waals surface area contributed by atoms with Gasteiger partial charge in [0.25, 0.3) is 0 Å². The first-order valence-corrected chi connectivity index (χ1v) is 8.21. The van der Waals surface area contributed by atoms with Gasteiger partial charge in [-0.2, -0.15) is 0 Å². The van der Waals surface area contributed by atoms with E-state index in [2.05, 4.69) is 5.32 Å². The molecule has 0 spiro atoms. The molecule has 0 aromatic carbocycles. The number of rotatable bonds is 4. The van der Waals surface area contributed by atoms with Crippen molar-refractivity contribution in [3.63, 3.8) is 0 Å². The van der Waals surface area contributed by atoms with Gasteiger partial charge in [-0.25, -0.2) is 4.79 Å². The monoisotopic (exact) mass is 295 g/mol. The summed E-state index contributed by atoms with van der Waals surface area (Å²) in [5, 5.41) is 2.93. The zero-order valence-corrected chi connectivity index (χ0v) is 13.9. The molecule has 0 aliphatic heterocycles. The van der Waals surface area contributed by atoms with Crippen molar-refractivity contribution >= 4 is 11.9 Å². The summed E-state index contributed by atoms with van der Waals surface area (Å²) in [6.07, 6.45) is 6.46. The van der Waals surface area contributed by atoms with Gasteiger partial charge in [-0.1, -0.05) is 6.92 Å². The van der Waals surface area contributed by atoms with Crippen LogP contribution in [0.3, 0.4) is 0 Å². The van der Waals surface area contributed by atoms with Crippen LogP contribution in [0.25, 0.3) is 0 Å². The van der Waals surface area contributed by atoms with Crippen LogP contribution in [0.1, 0.15) is 72.6 Å². The Hall–Kier alpha value is -1.06. The molecule has 0 unspecified atom stereocenters. The lowest BCUT2D eigenvalue weighted by Gasteiger charge is -2.52. The smallest absolute Gasteiger partial charge is 0.407 e. The van der Waals surface area contributed by atoms with Crippen molar-refractivity contribution in [2.45, 2.75) is 78.2 Å². The number of amides is 1. The first-order valence-electron chi connectivity index (χ1n) is 8.21. The van der Waals surface area contributed by atoms with E-state index < -0.39 is 5.60 Å². The van der Waals surface area contributed by atoms with E-state index in [1.807, 2.05) is 27.7 Å². The molecule has 1 N–H and O–H groups in total. The van der Waals surface area contributed by atoms with Crippen molar-refractivity contribution in [2.75, 3.05) is 6.54 Å². The second kappa shape index (κ2) is 5.62. The van der Waals surface area contributed by atoms with Crippen molar-refractivity contribution in [3.05, 3.63) is 0 Å². The fourth-order valence-electron chi connectivity index (χ4n) is 3.90. The Morgan fingerprint density at radius 2 is 1.57 bits per heavy atom. The van der Waals surface area contributed by atoms with Gasteiger partial charge in [-0.3, -0.25) is 4.79 Å². The molecular weight excluding hydrogens is 266 g/mol. The molecule has 0 heterocycles. The van der Waals surface area contributed by atoms with E-state index in [-0.39, 0.29) is 16.9 Å². The number of alkyl carbamates (subject to hydrolysis) is 1. The van der Waals surface area contributed by atoms with Gasteiger partial charge in [0.15, 0.2) is 0 Å². The molecule has 120 valence electrons. The zero-order chi connectivity index (χ0) is 15.7. The number of carbonyl (C=O) groups excluding carboxylic acids is 2. The van der Waals surface area contributed by atoms with Crippen molar-refractivity contribution in [2.24, 2.45) is 10.8 Å². The highest BCUT2D eigenvalue weighted by Crippen LogP contribution is 2.57. The second-order valence-electron chi connectivity index (χ2n) is 7.91. The van der Waals surface area contributed by atoms with E-state index >= 15 is 0 Å². The number of fused-ring (bicyclic) bond motifs is 3. The average Bonchev–Trinajstić information content (AvgIpc) is 2.44. The summed E-state index contributed by atoms with van der Waals surface area (Å²) >= 11 is 0. The Balaban J connectivity index is 1.87. The van der Waals surface area contributed by atoms with E-state index in [1.54, 1.807) is 0 Å². The standard InChI is InChI=1S/C17H29NO3/c1-5-13(19)17-9-6-16(7-10-17,8-11-17)12-18-14(20)21-15(2,3)4/h5-12H2,1-4H3,(H,18,20). The average molecular weight is 295 g/mol. The minimum Gasteiger partial charge on any atom is -0.444 e. The van der Waals surface area contributed by atoms with Crippen LogP contribution in [-0.4, -0.2) is 24.0 Å². The van der Waals surface area contributed by atoms with E-state index in [4.69, 9.17) is 4.74 Å². The Morgan fingerprint density at radius 3 is 2.00 bits per heavy atom. The molecule has 4 nitrogen and oxygen atoms in total. The maximum Gasteiger partial charge on any atom is 0.407 e. The summed E-state index contributed by atoms with van der Waals surface area (Å²) < 4.78 is 5.30. The first-order chi connectivity index (χ1) is 9.70. The highest BCUT2D eigenvalue weighted by Gasteiger charge is 2.51. The molecule has 3 saturated carbocycles. The molecule has 3 fully saturated rings. The van der Waals surface area contributed by atoms with Crippen molar-refractivity contribution in [1.29, 1.82) is 0 Å². The van der Waals surface area contributed by atoms with Crippen LogP contribution in [0.2, 0.25) is 0 Å². The van der Waals surface area contributed by atoms with Crippen molar-refractivity contribution in [3.8, 4) is 0 Å². The summed E-state index contributed by atoms with van der Waals surface area (Å²) in [4.78, 5) is 24.0. The summed E-state index contributed by atoms with van der Waals surface area (Å²) in [5.74, 6) is 0.441. The summed E-state index contributed by atoms with van der Waals surface area (Å²) in [6.45, 7) is 8.26. The maximum atomic E-state index is 12.2. The van der Waals surface area contributed by atoms with Crippen LogP contribution in [0.15, 0.2) is 0 Å². The summed E-state index contributed by atoms with van der Waals surface area (Å²) in [5.41, 5.74) is -0.307. The van der Waals surface area contributed by atoms with Crippen LogP contribution in [0, 0.1) is 10.8 Å². The molecule has 21 heavy (non-hydrogen) atoms. The highest BCUT2D eigenvalue weighted by atomic mass is 16.6. The number of carbonyl (C=O) groups is 2. The van der Waals surface area contributed by atoms with Gasteiger partial charge < -0.3 is 10.1 Å². The lowest BCUT2D eigenvalue weighted by molar-refractivity contribution is -0.137. The van der Waals surface area contributed by atoms with Crippen LogP contribution >= 0.6 is 0 Å². The lowest BCUT2D eigenvalue weighted by Crippen LogP contribution is -2.50. The molecule has 3 rings (SSSR count). The van der Waals surface area contributed by atoms with Gasteiger partial charge in [-0.15, -0.1) is 0 Å². The fourth-order valence-corrected chi connectivity index (χ4v) is 3.90. The van der Waals surface area contributed by atoms with Crippen molar-refractivity contribution < 1.29 is 14.3 Å². The molecule has 0 atom stereocenters. The maximum absolute atomic E-state index is 12.2. The third-order valence-corrected chi connectivity index (χ3v) is 5.32. The summed E-state index contributed by atoms with van der Waals surface area (Å²) in [6, 6.07) is 0. The number of nitrogens with one attached hydrogen (secondary N) is 1. The van der Waals surface area contributed by atoms with E-state index in [0.717, 1.165) is 38.5 Å². The van der Waals surface area contributed by atoms with E-state index in [1.165, 1.54) is 0 Å². The predicted octanol–water partition coefficient (Wildman–Crippen LogP) is 3.83. The Bertz CT molecular complexity index is 398. The Labute approximate surface area is 128 Å². The molecular formula is C17H29NO3. The fraction of sp³-hybridized carbons (Fsp3) is 0.882. The van der Waals surface area contributed by atoms with Crippen molar-refractivity contribution in [1.82, 2.24) is 5.32 Å². The Morgan fingerprint density at radius 1 is 1.05 bits per heavy atom. The first kappa shape index (κ1) is 16.3. The van der Waals surface area contributed by atoms with Gasteiger partial charge >= 0.3 is 6.09 Å². The summed E-state index contributed by atoms with van der Waals surface area (Å²) in [7, 11) is 0. The molecule has 1 amide bonds. The SMILES string of the molecule is CCC(=O)C12CCC(CNC(=O)OC(C)(C)C)(CC1)CC2. The van der Waals surface area contributed by atoms with Crippen LogP contribution in [-0.2, 0) is 9.53 Å². The molecule has 4 heteroatoms. The zero-order valence-electron chi connectivity index (χ0n) is 13.9. The quantitative estimate of drug-likeness (QED) is 0.857. The topological polar surface area (TPSA) is 55.4 Å². The molecule has 0 saturated heterocycles. The lowest BCUT2D eigenvalue weighted by atomic mass is 9.52. The minimum atomic E-state index is -0.455. The third kappa shape index (κ3) is 3.58. The van der Waals surface area contributed by atoms with E-state index in [9.17, 15) is 9.59 Å². The van der Waals surface area contributed by atoms with Gasteiger partial charge in [0, 0.05) is 18.4 Å². The van der Waals surface area contributed by atoms with E-state index in [0.29, 0.717) is 18.7 Å². The van der Waals surface area contributed by atoms with Gasteiger partial charge in [0.05, 0.1) is 0 Å². The number of hydrogen-bond donors (Lipinski definition) is 1. The Kier molecular flexibility index (Phi) is 4.36. The minimum absolute atomic E-state index is 0.0393. The van der Waals surface area contributed by atoms with Gasteiger partial charge in [0.2, 0.25) is 0 Å². The van der Waals surface area contributed by atoms with Gasteiger partial charge in [0.1, 0.15) is 11.4 Å². The van der Waals surface area contributed by atoms with Crippen LogP contribution in [0.5, 0.6) is 0 Å². The molecule has 0 aromatic rings. The van der Waals surface area contributed by atoms with Crippen LogP contribution in [0.4, 0.5) is 4.79 Å². The molecule has 2 bridgehead atoms. The molecule has 3 aliphatic carbocycles. The number of Topliss-reactive ketones (excluding diaryl/α,β-unsaturated/α-hetero) is 1. The highest BCUT2D eigenvalue weighted by molar-refractivity contribution is 5.84. The molecule has 3 aliphatic rings. The third-order valence-electron chi connectivity index (χ3n) is 5.32. The number of hydrogen-bond acceptors (Lipinski definition) is 3. The molecule has 0 radical (unpaired) electrons.